The standard InChI is InChI=1S/C24H40O4.Na.H2O/c1-14(4-9-22(27)28)18-7-8-19-17-6-5-15-12-16(25)10-11-23(15,2)20(17)13-21(26)24(18,19)3;;/h14-21,25-26H,4-13H2,1-3H3,(H,27,28);;1H2/t14-,15-,16-,17+,18-,19+,20+,21+,23+,24-;;/m1../s1. The van der Waals surface area contributed by atoms with Gasteiger partial charge in [0.15, 0.2) is 0 Å². The van der Waals surface area contributed by atoms with Gasteiger partial charge in [0.25, 0.3) is 0 Å². The number of aliphatic hydroxyl groups excluding tert-OH is 2. The topological polar surface area (TPSA) is 109 Å². The predicted molar refractivity (Wildman–Crippen MR) is 118 cm³/mol. The zero-order valence-corrected chi connectivity index (χ0v) is 21.4. The summed E-state index contributed by atoms with van der Waals surface area (Å²) in [6.45, 7) is 6.99. The first-order valence-corrected chi connectivity index (χ1v) is 11.8. The summed E-state index contributed by atoms with van der Waals surface area (Å²) in [4.78, 5) is 11.1. The second kappa shape index (κ2) is 9.69. The van der Waals surface area contributed by atoms with Crippen molar-refractivity contribution >= 4 is 35.5 Å². The van der Waals surface area contributed by atoms with E-state index in [0.29, 0.717) is 35.5 Å². The molecule has 4 rings (SSSR count). The van der Waals surface area contributed by atoms with Crippen molar-refractivity contribution in [1.82, 2.24) is 0 Å². The first-order chi connectivity index (χ1) is 13.2. The second-order valence-electron chi connectivity index (χ2n) is 11.3. The Morgan fingerprint density at radius 3 is 2.40 bits per heavy atom. The Morgan fingerprint density at radius 1 is 1.03 bits per heavy atom. The van der Waals surface area contributed by atoms with Gasteiger partial charge < -0.3 is 20.8 Å². The molecule has 0 aromatic heterocycles. The summed E-state index contributed by atoms with van der Waals surface area (Å²) in [6, 6.07) is 0. The van der Waals surface area contributed by atoms with Gasteiger partial charge in [-0.1, -0.05) is 20.8 Å². The Hall–Kier alpha value is 0.350. The largest absolute Gasteiger partial charge is 0.481 e. The molecule has 30 heavy (non-hydrogen) atoms. The normalized spacial score (nSPS) is 48.2. The molecule has 0 bridgehead atoms. The monoisotopic (exact) mass is 433 g/mol. The Kier molecular flexibility index (Phi) is 8.59. The summed E-state index contributed by atoms with van der Waals surface area (Å²) >= 11 is 0. The molecule has 0 spiro atoms. The van der Waals surface area contributed by atoms with Crippen LogP contribution in [0.4, 0.5) is 0 Å². The average Bonchev–Trinajstić information content (AvgIpc) is 3.00. The molecule has 4 saturated carbocycles. The van der Waals surface area contributed by atoms with E-state index >= 15 is 0 Å². The van der Waals surface area contributed by atoms with E-state index in [9.17, 15) is 15.0 Å². The van der Waals surface area contributed by atoms with Crippen LogP contribution in [0.1, 0.15) is 85.0 Å². The Labute approximate surface area is 204 Å². The Balaban J connectivity index is 0.00000160. The minimum atomic E-state index is -0.707. The molecule has 0 aliphatic heterocycles. The molecule has 5 nitrogen and oxygen atoms in total. The quantitative estimate of drug-likeness (QED) is 0.591. The smallest absolute Gasteiger partial charge is 0.303 e. The van der Waals surface area contributed by atoms with Gasteiger partial charge in [0, 0.05) is 36.0 Å². The van der Waals surface area contributed by atoms with E-state index in [1.807, 2.05) is 0 Å². The molecule has 5 N–H and O–H groups in total. The molecule has 169 valence electrons. The molecule has 0 unspecified atom stereocenters. The first-order valence-electron chi connectivity index (χ1n) is 11.8. The van der Waals surface area contributed by atoms with E-state index in [1.54, 1.807) is 0 Å². The van der Waals surface area contributed by atoms with Crippen LogP contribution >= 0.6 is 0 Å². The molecule has 0 aromatic rings. The fourth-order valence-corrected chi connectivity index (χ4v) is 8.71. The van der Waals surface area contributed by atoms with Crippen molar-refractivity contribution in [2.24, 2.45) is 46.3 Å². The van der Waals surface area contributed by atoms with Crippen LogP contribution in [0.25, 0.3) is 0 Å². The van der Waals surface area contributed by atoms with Gasteiger partial charge >= 0.3 is 5.97 Å². The number of hydrogen-bond acceptors (Lipinski definition) is 3. The van der Waals surface area contributed by atoms with Gasteiger partial charge in [0.2, 0.25) is 0 Å². The third kappa shape index (κ3) is 4.17. The number of rotatable bonds is 4. The van der Waals surface area contributed by atoms with Crippen molar-refractivity contribution in [3.05, 3.63) is 0 Å². The SMILES string of the molecule is C[C@H](CCC(=O)O)[C@H]1CC[C@H]2[C@@H]3CC[C@@H]4C[C@H](O)CC[C@]4(C)[C@H]3C[C@H](O)[C@]12C.O.[Na]. The van der Waals surface area contributed by atoms with E-state index in [-0.39, 0.29) is 64.5 Å². The molecule has 4 fully saturated rings. The number of carbonyl (C=O) groups is 1. The minimum absolute atomic E-state index is 0. The van der Waals surface area contributed by atoms with Crippen molar-refractivity contribution in [1.29, 1.82) is 0 Å². The fourth-order valence-electron chi connectivity index (χ4n) is 8.71. The molecule has 4 aliphatic carbocycles. The van der Waals surface area contributed by atoms with Crippen LogP contribution in [0.15, 0.2) is 0 Å². The second-order valence-corrected chi connectivity index (χ2v) is 11.3. The molecule has 0 saturated heterocycles. The summed E-state index contributed by atoms with van der Waals surface area (Å²) < 4.78 is 0. The van der Waals surface area contributed by atoms with Crippen LogP contribution < -0.4 is 0 Å². The van der Waals surface area contributed by atoms with Crippen molar-refractivity contribution < 1.29 is 25.6 Å². The Bertz CT molecular complexity index is 614. The van der Waals surface area contributed by atoms with Gasteiger partial charge in [-0.2, -0.15) is 0 Å². The van der Waals surface area contributed by atoms with Gasteiger partial charge in [-0.25, -0.2) is 0 Å². The summed E-state index contributed by atoms with van der Waals surface area (Å²) in [5.41, 5.74) is 0.216. The molecular formula is C24H42NaO5. The number of hydrogen-bond donors (Lipinski definition) is 3. The summed E-state index contributed by atoms with van der Waals surface area (Å²) in [5.74, 6) is 2.55. The number of fused-ring (bicyclic) bond motifs is 5. The maximum Gasteiger partial charge on any atom is 0.303 e. The maximum atomic E-state index is 11.5. The minimum Gasteiger partial charge on any atom is -0.481 e. The van der Waals surface area contributed by atoms with Crippen LogP contribution in [-0.2, 0) is 4.79 Å². The fraction of sp³-hybridized carbons (Fsp3) is 0.958. The van der Waals surface area contributed by atoms with E-state index in [2.05, 4.69) is 20.8 Å². The molecular weight excluding hydrogens is 391 g/mol. The molecule has 0 amide bonds. The zero-order chi connectivity index (χ0) is 20.3. The van der Waals surface area contributed by atoms with Gasteiger partial charge in [0.05, 0.1) is 12.2 Å². The molecule has 1 radical (unpaired) electrons. The van der Waals surface area contributed by atoms with Crippen LogP contribution in [-0.4, -0.2) is 68.5 Å². The van der Waals surface area contributed by atoms with Gasteiger partial charge in [-0.3, -0.25) is 4.79 Å². The molecule has 4 aliphatic rings. The van der Waals surface area contributed by atoms with Crippen LogP contribution in [0.3, 0.4) is 0 Å². The van der Waals surface area contributed by atoms with E-state index in [0.717, 1.165) is 38.5 Å². The predicted octanol–water partition coefficient (Wildman–Crippen LogP) is 3.27. The molecule has 6 heteroatoms. The molecule has 10 atom stereocenters. The Morgan fingerprint density at radius 2 is 1.73 bits per heavy atom. The maximum absolute atomic E-state index is 11.5. The third-order valence-electron chi connectivity index (χ3n) is 10.3. The van der Waals surface area contributed by atoms with Crippen molar-refractivity contribution in [3.63, 3.8) is 0 Å². The summed E-state index contributed by atoms with van der Waals surface area (Å²) in [7, 11) is 0. The van der Waals surface area contributed by atoms with Crippen LogP contribution in [0, 0.1) is 46.3 Å². The third-order valence-corrected chi connectivity index (χ3v) is 10.3. The van der Waals surface area contributed by atoms with Crippen molar-refractivity contribution in [2.75, 3.05) is 0 Å². The number of carboxylic acid groups (broad SMARTS) is 1. The van der Waals surface area contributed by atoms with E-state index in [1.165, 1.54) is 19.3 Å². The molecule has 0 aromatic carbocycles. The molecule has 0 heterocycles. The van der Waals surface area contributed by atoms with Crippen LogP contribution in [0.2, 0.25) is 0 Å². The van der Waals surface area contributed by atoms with E-state index in [4.69, 9.17) is 5.11 Å². The van der Waals surface area contributed by atoms with Gasteiger partial charge in [-0.15, -0.1) is 0 Å². The van der Waals surface area contributed by atoms with Gasteiger partial charge in [0.1, 0.15) is 0 Å². The first kappa shape index (κ1) is 26.6. The number of aliphatic hydroxyl groups is 2. The number of carboxylic acids is 1. The summed E-state index contributed by atoms with van der Waals surface area (Å²) in [5, 5.41) is 30.8. The summed E-state index contributed by atoms with van der Waals surface area (Å²) in [6.07, 6.45) is 9.26. The average molecular weight is 434 g/mol. The van der Waals surface area contributed by atoms with E-state index < -0.39 is 5.97 Å². The zero-order valence-electron chi connectivity index (χ0n) is 19.4. The van der Waals surface area contributed by atoms with Crippen LogP contribution in [0.5, 0.6) is 0 Å². The van der Waals surface area contributed by atoms with Crippen molar-refractivity contribution in [2.45, 2.75) is 97.2 Å². The number of aliphatic carboxylic acids is 1. The van der Waals surface area contributed by atoms with Gasteiger partial charge in [-0.05, 0) is 104 Å². The van der Waals surface area contributed by atoms with Crippen molar-refractivity contribution in [3.8, 4) is 0 Å².